The maximum Gasteiger partial charge on any atom is 0.301 e. The lowest BCUT2D eigenvalue weighted by molar-refractivity contribution is 0.544. The van der Waals surface area contributed by atoms with Crippen molar-refractivity contribution in [3.05, 3.63) is 39.1 Å². The third kappa shape index (κ3) is 9.80. The smallest absolute Gasteiger partial charge is 0.111 e. The van der Waals surface area contributed by atoms with Gasteiger partial charge in [-0.3, -0.25) is 0 Å². The molecule has 0 saturated carbocycles. The topological polar surface area (TPSA) is 0 Å². The third-order valence-electron chi connectivity index (χ3n) is 7.34. The van der Waals surface area contributed by atoms with Gasteiger partial charge in [0.15, 0.2) is 0 Å². The lowest BCUT2D eigenvalue weighted by Crippen LogP contribution is -2.61. The van der Waals surface area contributed by atoms with Crippen LogP contribution in [0.4, 0.5) is 0 Å². The van der Waals surface area contributed by atoms with Crippen molar-refractivity contribution in [2.45, 2.75) is 128 Å². The molecule has 35 heavy (non-hydrogen) atoms. The van der Waals surface area contributed by atoms with E-state index in [0.717, 1.165) is 16.6 Å². The molecule has 0 nitrogen and oxygen atoms in total. The van der Waals surface area contributed by atoms with Gasteiger partial charge in [0.05, 0.1) is 0 Å². The molecule has 0 aliphatic rings. The fourth-order valence-corrected chi connectivity index (χ4v) is 59.5. The molecule has 0 spiro atoms. The van der Waals surface area contributed by atoms with Crippen LogP contribution in [0.15, 0.2) is 22.4 Å². The number of hydrogen-bond acceptors (Lipinski definition) is 0. The van der Waals surface area contributed by atoms with Gasteiger partial charge in [-0.15, -0.1) is 4.18 Å². The summed E-state index contributed by atoms with van der Waals surface area (Å²) in [6.07, 6.45) is 2.82. The molecule has 0 amide bonds. The van der Waals surface area contributed by atoms with Crippen LogP contribution in [-0.2, 0) is 0 Å². The van der Waals surface area contributed by atoms with Gasteiger partial charge in [0.2, 0.25) is 0 Å². The molecule has 1 rings (SSSR count). The summed E-state index contributed by atoms with van der Waals surface area (Å²) in [5.74, 6) is 0. The molecular formula is C29H60AlPSi4. The fourth-order valence-electron chi connectivity index (χ4n) is 7.51. The van der Waals surface area contributed by atoms with Crippen LogP contribution >= 0.6 is 8.58 Å². The van der Waals surface area contributed by atoms with Crippen molar-refractivity contribution in [2.24, 2.45) is 5.41 Å². The highest BCUT2D eigenvalue weighted by Gasteiger charge is 2.56. The summed E-state index contributed by atoms with van der Waals surface area (Å²) >= 11 is -1.28. The van der Waals surface area contributed by atoms with E-state index in [1.54, 1.807) is 5.30 Å². The fraction of sp³-hybridized carbons (Fsp3) is 0.724. The van der Waals surface area contributed by atoms with E-state index >= 15 is 0 Å². The van der Waals surface area contributed by atoms with Gasteiger partial charge in [0.1, 0.15) is 0 Å². The molecule has 0 heterocycles. The molecule has 1 aromatic carbocycles. The van der Waals surface area contributed by atoms with Crippen LogP contribution in [-0.4, -0.2) is 46.4 Å². The van der Waals surface area contributed by atoms with Crippen molar-refractivity contribution in [1.29, 1.82) is 0 Å². The maximum atomic E-state index is 2.82. The van der Waals surface area contributed by atoms with Crippen LogP contribution in [0.25, 0.3) is 0 Å². The Bertz CT molecular complexity index is 820. The third-order valence-corrected chi connectivity index (χ3v) is 46.7. The van der Waals surface area contributed by atoms with Gasteiger partial charge in [-0.25, -0.2) is 0 Å². The summed E-state index contributed by atoms with van der Waals surface area (Å²) in [5, 5.41) is 1.65. The van der Waals surface area contributed by atoms with Crippen molar-refractivity contribution in [3.8, 4) is 0 Å². The Morgan fingerprint density at radius 1 is 0.686 bits per heavy atom. The standard InChI is InChI=1S/C15H22P.2C7H19Si2.Al/c1-11-9-12(2)14(13(3)10-11)16-8-7-15(4,5)6;2*1-8(2,3)7-9(4,5)6;/h7,9-10,16H,1-6H3;2*7H,1-6H3;. The summed E-state index contributed by atoms with van der Waals surface area (Å²) < 4.78 is 4.02. The quantitative estimate of drug-likeness (QED) is 0.202. The lowest BCUT2D eigenvalue weighted by atomic mass is 9.98. The van der Waals surface area contributed by atoms with Crippen LogP contribution in [0.1, 0.15) is 37.5 Å². The Labute approximate surface area is 231 Å². The van der Waals surface area contributed by atoms with Gasteiger partial charge in [-0.2, -0.15) is 0 Å². The van der Waals surface area contributed by atoms with Crippen LogP contribution in [0.5, 0.6) is 0 Å². The van der Waals surface area contributed by atoms with E-state index in [1.807, 2.05) is 4.18 Å². The molecule has 0 aromatic heterocycles. The molecule has 1 atom stereocenters. The van der Waals surface area contributed by atoms with Crippen molar-refractivity contribution in [1.82, 2.24) is 0 Å². The number of rotatable bonds is 9. The monoisotopic (exact) mass is 578 g/mol. The first kappa shape index (κ1) is 33.8. The van der Waals surface area contributed by atoms with Gasteiger partial charge >= 0.3 is 14.1 Å². The molecule has 0 radical (unpaired) electrons. The van der Waals surface area contributed by atoms with E-state index < -0.39 is 46.4 Å². The second-order valence-corrected chi connectivity index (χ2v) is 47.0. The lowest BCUT2D eigenvalue weighted by Gasteiger charge is -2.51. The molecule has 0 saturated heterocycles. The van der Waals surface area contributed by atoms with E-state index in [1.165, 1.54) is 16.7 Å². The predicted octanol–water partition coefficient (Wildman–Crippen LogP) is 10.1. The molecule has 0 aliphatic carbocycles. The Hall–Kier alpha value is 0.790. The van der Waals surface area contributed by atoms with E-state index in [9.17, 15) is 0 Å². The van der Waals surface area contributed by atoms with Crippen LogP contribution in [0.3, 0.4) is 0 Å². The summed E-state index contributed by atoms with van der Waals surface area (Å²) in [6, 6.07) is 4.87. The van der Waals surface area contributed by atoms with Crippen molar-refractivity contribution < 1.29 is 0 Å². The minimum Gasteiger partial charge on any atom is -0.111 e. The summed E-state index contributed by atoms with van der Waals surface area (Å²) in [4.78, 5) is 0. The Morgan fingerprint density at radius 3 is 1.26 bits per heavy atom. The molecule has 6 heteroatoms. The number of hydrogen-bond donors (Lipinski definition) is 0. The molecule has 0 aliphatic heterocycles. The SMILES string of the molecule is Cc1cc(C)c(P/[C](=C/C(C)(C)C)[Al]([CH]([Si](C)(C)C)[Si](C)(C)C)[CH]([Si](C)(C)C)[Si](C)(C)C)c(C)c1. The van der Waals surface area contributed by atoms with Crippen LogP contribution in [0.2, 0.25) is 86.6 Å². The summed E-state index contributed by atoms with van der Waals surface area (Å²) in [5.41, 5.74) is 4.67. The van der Waals surface area contributed by atoms with Crippen LogP contribution in [0, 0.1) is 26.2 Å². The van der Waals surface area contributed by atoms with Gasteiger partial charge in [-0.05, 0) is 42.6 Å². The molecular weight excluding hydrogens is 519 g/mol. The second-order valence-electron chi connectivity index (χ2n) is 16.8. The number of aryl methyl sites for hydroxylation is 3. The summed E-state index contributed by atoms with van der Waals surface area (Å²) in [7, 11) is -4.60. The van der Waals surface area contributed by atoms with Crippen molar-refractivity contribution in [2.75, 3.05) is 0 Å². The second kappa shape index (κ2) is 11.5. The average Bonchev–Trinajstić information content (AvgIpc) is 2.49. The van der Waals surface area contributed by atoms with Crippen molar-refractivity contribution >= 4 is 60.3 Å². The minimum absolute atomic E-state index is 0.229. The maximum absolute atomic E-state index is 2.82. The predicted molar refractivity (Wildman–Crippen MR) is 183 cm³/mol. The molecule has 1 aromatic rings. The minimum atomic E-state index is -1.37. The van der Waals surface area contributed by atoms with E-state index in [-0.39, 0.29) is 5.41 Å². The van der Waals surface area contributed by atoms with Crippen molar-refractivity contribution in [3.63, 3.8) is 0 Å². The highest BCUT2D eigenvalue weighted by atomic mass is 31.1. The zero-order valence-electron chi connectivity index (χ0n) is 27.0. The molecule has 200 valence electrons. The molecule has 0 bridgehead atoms. The van der Waals surface area contributed by atoms with Gasteiger partial charge in [0.25, 0.3) is 0 Å². The largest absolute Gasteiger partial charge is 0.301 e. The molecule has 1 unspecified atom stereocenters. The van der Waals surface area contributed by atoms with E-state index in [4.69, 9.17) is 0 Å². The first-order chi connectivity index (χ1) is 15.3. The van der Waals surface area contributed by atoms with Gasteiger partial charge in [0, 0.05) is 32.3 Å². The summed E-state index contributed by atoms with van der Waals surface area (Å²) in [6.45, 7) is 47.0. The van der Waals surface area contributed by atoms with Crippen LogP contribution < -0.4 is 5.30 Å². The first-order valence-corrected chi connectivity index (χ1v) is 31.1. The Morgan fingerprint density at radius 2 is 1.00 bits per heavy atom. The van der Waals surface area contributed by atoms with E-state index in [2.05, 4.69) is 138 Å². The molecule has 0 fully saturated rings. The Kier molecular flexibility index (Phi) is 11.1. The van der Waals surface area contributed by atoms with Gasteiger partial charge in [-0.1, -0.05) is 140 Å². The highest BCUT2D eigenvalue weighted by molar-refractivity contribution is 7.57. The normalized spacial score (nSPS) is 15.1. The zero-order valence-corrected chi connectivity index (χ0v) is 33.1. The average molecular weight is 579 g/mol. The first-order valence-electron chi connectivity index (χ1n) is 13.8. The highest BCUT2D eigenvalue weighted by Crippen LogP contribution is 2.51. The number of benzene rings is 1. The Balaban J connectivity index is 4.15. The van der Waals surface area contributed by atoms with E-state index in [0.29, 0.717) is 0 Å². The molecule has 0 N–H and O–H groups in total. The number of allylic oxidation sites excluding steroid dienone is 1. The van der Waals surface area contributed by atoms with Gasteiger partial charge < -0.3 is 0 Å². The zero-order chi connectivity index (χ0) is 27.9.